The van der Waals surface area contributed by atoms with Crippen LogP contribution >= 0.6 is 0 Å². The molecule has 2 aromatic carbocycles. The van der Waals surface area contributed by atoms with Gasteiger partial charge in [0, 0.05) is 64.0 Å². The van der Waals surface area contributed by atoms with Gasteiger partial charge in [0.05, 0.1) is 29.6 Å². The lowest BCUT2D eigenvalue weighted by Gasteiger charge is -2.35. The molecule has 0 bridgehead atoms. The van der Waals surface area contributed by atoms with Crippen LogP contribution in [0.5, 0.6) is 0 Å². The number of carbonyl (C=O) groups is 3. The van der Waals surface area contributed by atoms with Crippen LogP contribution in [0.2, 0.25) is 0 Å². The number of para-hydroxylation sites is 2. The molecule has 2 N–H and O–H groups in total. The highest BCUT2D eigenvalue weighted by atomic mass is 16.5. The largest absolute Gasteiger partial charge is 0.465 e. The summed E-state index contributed by atoms with van der Waals surface area (Å²) in [6.45, 7) is 3.31. The Hall–Kier alpha value is -3.76. The summed E-state index contributed by atoms with van der Waals surface area (Å²) in [5.41, 5.74) is 9.31. The zero-order chi connectivity index (χ0) is 28.2. The maximum Gasteiger partial charge on any atom is 0.337 e. The monoisotopic (exact) mass is 547 g/mol. The summed E-state index contributed by atoms with van der Waals surface area (Å²) in [4.78, 5) is 47.1. The molecule has 0 radical (unpaired) electrons. The van der Waals surface area contributed by atoms with Crippen molar-refractivity contribution in [3.05, 3.63) is 65.5 Å². The normalized spacial score (nSPS) is 21.1. The van der Waals surface area contributed by atoms with E-state index in [0.29, 0.717) is 37.4 Å². The van der Waals surface area contributed by atoms with E-state index in [1.807, 2.05) is 23.1 Å². The van der Waals surface area contributed by atoms with Crippen LogP contribution < -0.4 is 5.73 Å². The van der Waals surface area contributed by atoms with E-state index in [-0.39, 0.29) is 24.3 Å². The number of nitrogens with zero attached hydrogens (tertiary/aromatic N) is 4. The molecule has 212 valence electrons. The van der Waals surface area contributed by atoms with E-state index in [1.54, 1.807) is 36.3 Å². The molecule has 5 rings (SSSR count). The smallest absolute Gasteiger partial charge is 0.337 e. The topological polar surface area (TPSA) is 120 Å². The Labute approximate surface area is 234 Å². The molecule has 2 aliphatic rings. The molecule has 2 amide bonds. The third-order valence-electron chi connectivity index (χ3n) is 8.03. The van der Waals surface area contributed by atoms with Crippen LogP contribution in [0.3, 0.4) is 0 Å². The Balaban J connectivity index is 1.28. The minimum absolute atomic E-state index is 0.00409. The van der Waals surface area contributed by atoms with Gasteiger partial charge >= 0.3 is 5.97 Å². The summed E-state index contributed by atoms with van der Waals surface area (Å²) in [6.07, 6.45) is 2.72. The number of esters is 1. The van der Waals surface area contributed by atoms with Crippen molar-refractivity contribution in [2.45, 2.75) is 37.8 Å². The Kier molecular flexibility index (Phi) is 8.46. The van der Waals surface area contributed by atoms with Crippen molar-refractivity contribution in [1.82, 2.24) is 19.4 Å². The van der Waals surface area contributed by atoms with Crippen molar-refractivity contribution in [2.24, 2.45) is 11.7 Å². The number of aryl methyl sites for hydroxylation is 1. The number of piperidine rings is 1. The lowest BCUT2D eigenvalue weighted by molar-refractivity contribution is -0.136. The highest BCUT2D eigenvalue weighted by molar-refractivity contribution is 5.97. The van der Waals surface area contributed by atoms with Crippen molar-refractivity contribution in [3.8, 4) is 0 Å². The number of likely N-dealkylation sites (tertiary alicyclic amines) is 2. The molecule has 0 saturated carbocycles. The lowest BCUT2D eigenvalue weighted by Crippen LogP contribution is -2.47. The summed E-state index contributed by atoms with van der Waals surface area (Å²) < 4.78 is 12.3. The molecule has 10 nitrogen and oxygen atoms in total. The molecule has 10 heteroatoms. The third-order valence-corrected chi connectivity index (χ3v) is 8.03. The van der Waals surface area contributed by atoms with Crippen molar-refractivity contribution in [3.63, 3.8) is 0 Å². The van der Waals surface area contributed by atoms with Gasteiger partial charge in [-0.2, -0.15) is 0 Å². The number of methoxy groups -OCH3 is 2. The fraction of sp³-hybridized carbons (Fsp3) is 0.467. The van der Waals surface area contributed by atoms with Gasteiger partial charge in [0.2, 0.25) is 5.91 Å². The van der Waals surface area contributed by atoms with Crippen molar-refractivity contribution in [1.29, 1.82) is 0 Å². The Morgan fingerprint density at radius 2 is 1.73 bits per heavy atom. The molecule has 2 saturated heterocycles. The van der Waals surface area contributed by atoms with Crippen LogP contribution in [-0.4, -0.2) is 90.2 Å². The van der Waals surface area contributed by atoms with Crippen LogP contribution in [0.4, 0.5) is 0 Å². The van der Waals surface area contributed by atoms with Gasteiger partial charge in [-0.1, -0.05) is 12.1 Å². The minimum Gasteiger partial charge on any atom is -0.465 e. The molecule has 3 heterocycles. The van der Waals surface area contributed by atoms with E-state index in [0.717, 1.165) is 42.7 Å². The first-order valence-corrected chi connectivity index (χ1v) is 13.9. The maximum absolute atomic E-state index is 13.7. The van der Waals surface area contributed by atoms with Crippen molar-refractivity contribution >= 4 is 28.8 Å². The molecule has 40 heavy (non-hydrogen) atoms. The number of hydrogen-bond acceptors (Lipinski definition) is 7. The Morgan fingerprint density at radius 1 is 0.975 bits per heavy atom. The fourth-order valence-corrected chi connectivity index (χ4v) is 5.94. The van der Waals surface area contributed by atoms with E-state index < -0.39 is 17.9 Å². The third kappa shape index (κ3) is 5.59. The second-order valence-corrected chi connectivity index (χ2v) is 10.6. The average molecular weight is 548 g/mol. The van der Waals surface area contributed by atoms with Gasteiger partial charge in [-0.05, 0) is 55.7 Å². The Bertz CT molecular complexity index is 1370. The first-order chi connectivity index (χ1) is 19.4. The zero-order valence-electron chi connectivity index (χ0n) is 23.1. The number of ether oxygens (including phenoxy) is 2. The summed E-state index contributed by atoms with van der Waals surface area (Å²) >= 11 is 0. The fourth-order valence-electron chi connectivity index (χ4n) is 5.94. The van der Waals surface area contributed by atoms with Crippen molar-refractivity contribution < 1.29 is 23.9 Å². The standard InChI is InChI=1S/C30H37N5O5/c1-39-16-6-15-35-26-9-4-3-8-25(26)32-27(35)22-7-5-14-33(17-22)29(37)23-18-34(19-24(23)31)28(36)20-10-12-21(13-11-20)30(38)40-2/h3-4,8-13,22-24H,5-7,14-19,31H2,1-2H3/t22-,23-,24-/m1/s1. The van der Waals surface area contributed by atoms with E-state index in [1.165, 1.54) is 7.11 Å². The molecular formula is C30H37N5O5. The van der Waals surface area contributed by atoms with Gasteiger partial charge in [0.1, 0.15) is 5.82 Å². The number of benzene rings is 2. The molecule has 0 unspecified atom stereocenters. The molecule has 1 aromatic heterocycles. The summed E-state index contributed by atoms with van der Waals surface area (Å²) in [5, 5.41) is 0. The Morgan fingerprint density at radius 3 is 2.48 bits per heavy atom. The number of imidazole rings is 1. The van der Waals surface area contributed by atoms with E-state index >= 15 is 0 Å². The number of carbonyl (C=O) groups excluding carboxylic acids is 3. The van der Waals surface area contributed by atoms with Gasteiger partial charge in [0.25, 0.3) is 5.91 Å². The van der Waals surface area contributed by atoms with Crippen LogP contribution in [0, 0.1) is 5.92 Å². The van der Waals surface area contributed by atoms with Crippen molar-refractivity contribution in [2.75, 3.05) is 47.0 Å². The van der Waals surface area contributed by atoms with E-state index in [2.05, 4.69) is 10.6 Å². The molecule has 2 fully saturated rings. The number of hydrogen-bond donors (Lipinski definition) is 1. The molecule has 2 aliphatic heterocycles. The lowest BCUT2D eigenvalue weighted by atomic mass is 9.94. The zero-order valence-corrected chi connectivity index (χ0v) is 23.1. The molecule has 0 aliphatic carbocycles. The first kappa shape index (κ1) is 27.8. The average Bonchev–Trinajstić information content (AvgIpc) is 3.57. The summed E-state index contributed by atoms with van der Waals surface area (Å²) in [6, 6.07) is 14.0. The number of amides is 2. The van der Waals surface area contributed by atoms with Gasteiger partial charge in [0.15, 0.2) is 0 Å². The number of rotatable bonds is 8. The first-order valence-electron chi connectivity index (χ1n) is 13.9. The van der Waals surface area contributed by atoms with Crippen LogP contribution in [0.25, 0.3) is 11.0 Å². The molecule has 3 aromatic rings. The van der Waals surface area contributed by atoms with E-state index in [4.69, 9.17) is 20.2 Å². The SMILES string of the molecule is COCCCn1c([C@@H]2CCCN(C(=O)[C@@H]3CN(C(=O)c4ccc(C(=O)OC)cc4)C[C@H]3N)C2)nc2ccccc21. The summed E-state index contributed by atoms with van der Waals surface area (Å²) in [7, 11) is 3.02. The highest BCUT2D eigenvalue weighted by Gasteiger charge is 2.41. The second-order valence-electron chi connectivity index (χ2n) is 10.6. The van der Waals surface area contributed by atoms with Gasteiger partial charge in [-0.3, -0.25) is 9.59 Å². The molecular weight excluding hydrogens is 510 g/mol. The highest BCUT2D eigenvalue weighted by Crippen LogP contribution is 2.31. The minimum atomic E-state index is -0.461. The number of fused-ring (bicyclic) bond motifs is 1. The predicted molar refractivity (Wildman–Crippen MR) is 150 cm³/mol. The predicted octanol–water partition coefficient (Wildman–Crippen LogP) is 2.66. The van der Waals surface area contributed by atoms with Crippen LogP contribution in [-0.2, 0) is 20.8 Å². The van der Waals surface area contributed by atoms with Crippen LogP contribution in [0.1, 0.15) is 51.7 Å². The van der Waals surface area contributed by atoms with Crippen LogP contribution in [0.15, 0.2) is 48.5 Å². The maximum atomic E-state index is 13.7. The second kappa shape index (κ2) is 12.2. The molecule has 3 atom stereocenters. The molecule has 0 spiro atoms. The number of nitrogens with two attached hydrogens (primary N) is 1. The summed E-state index contributed by atoms with van der Waals surface area (Å²) in [5.74, 6) is 0.00362. The van der Waals surface area contributed by atoms with Gasteiger partial charge < -0.3 is 29.6 Å². The van der Waals surface area contributed by atoms with Gasteiger partial charge in [-0.25, -0.2) is 9.78 Å². The van der Waals surface area contributed by atoms with E-state index in [9.17, 15) is 14.4 Å². The van der Waals surface area contributed by atoms with Gasteiger partial charge in [-0.15, -0.1) is 0 Å². The number of aromatic nitrogens is 2. The quantitative estimate of drug-likeness (QED) is 0.340.